The summed E-state index contributed by atoms with van der Waals surface area (Å²) in [6, 6.07) is 0. The van der Waals surface area contributed by atoms with Gasteiger partial charge in [-0.25, -0.2) is 4.79 Å². The summed E-state index contributed by atoms with van der Waals surface area (Å²) in [5.74, 6) is -1.09. The number of aliphatic hydroxyl groups excluding tert-OH is 3. The molecule has 0 rings (SSSR count). The van der Waals surface area contributed by atoms with Crippen LogP contribution in [0.1, 0.15) is 6.92 Å². The minimum atomic E-state index is -2.16. The van der Waals surface area contributed by atoms with Crippen LogP contribution in [0.3, 0.4) is 0 Å². The lowest BCUT2D eigenvalue weighted by atomic mass is 10.2. The smallest absolute Gasteiger partial charge is 0.337 e. The summed E-state index contributed by atoms with van der Waals surface area (Å²) in [7, 11) is 0. The zero-order valence-corrected chi connectivity index (χ0v) is 6.54. The summed E-state index contributed by atoms with van der Waals surface area (Å²) in [5.41, 5.74) is 0. The average Bonchev–Trinajstić information content (AvgIpc) is 2.02. The Hall–Kier alpha value is -0.690. The largest absolute Gasteiger partial charge is 0.464 e. The summed E-state index contributed by atoms with van der Waals surface area (Å²) in [4.78, 5) is 10.6. The number of carbonyl (C=O) groups is 1. The molecule has 12 heavy (non-hydrogen) atoms. The minimum absolute atomic E-state index is 0.0458. The van der Waals surface area contributed by atoms with Crippen LogP contribution in [0.2, 0.25) is 0 Å². The quantitative estimate of drug-likeness (QED) is 0.283. The van der Waals surface area contributed by atoms with E-state index < -0.39 is 24.5 Å². The lowest BCUT2D eigenvalue weighted by Crippen LogP contribution is -2.42. The number of hydrogen-bond acceptors (Lipinski definition) is 6. The van der Waals surface area contributed by atoms with Crippen molar-refractivity contribution in [2.45, 2.75) is 25.4 Å². The lowest BCUT2D eigenvalue weighted by molar-refractivity contribution is -0.184. The van der Waals surface area contributed by atoms with Crippen molar-refractivity contribution in [2.75, 3.05) is 6.61 Å². The Morgan fingerprint density at radius 2 is 1.83 bits per heavy atom. The van der Waals surface area contributed by atoms with Gasteiger partial charge in [0.25, 0.3) is 0 Å². The molecule has 0 aliphatic heterocycles. The molecule has 72 valence electrons. The second kappa shape index (κ2) is 5.04. The summed E-state index contributed by atoms with van der Waals surface area (Å²) < 4.78 is 4.30. The molecule has 0 aromatic carbocycles. The van der Waals surface area contributed by atoms with E-state index in [1.54, 1.807) is 0 Å². The molecular weight excluding hydrogens is 168 g/mol. The molecule has 0 spiro atoms. The molecule has 0 aromatic heterocycles. The van der Waals surface area contributed by atoms with E-state index in [0.717, 1.165) is 0 Å². The van der Waals surface area contributed by atoms with Gasteiger partial charge in [-0.15, -0.1) is 0 Å². The molecule has 0 saturated heterocycles. The number of aliphatic hydroxyl groups is 4. The third kappa shape index (κ3) is 3.14. The molecule has 6 nitrogen and oxygen atoms in total. The van der Waals surface area contributed by atoms with E-state index in [1.165, 1.54) is 6.92 Å². The zero-order chi connectivity index (χ0) is 9.72. The first-order valence-electron chi connectivity index (χ1n) is 3.39. The molecule has 0 amide bonds. The van der Waals surface area contributed by atoms with E-state index in [4.69, 9.17) is 20.4 Å². The van der Waals surface area contributed by atoms with Gasteiger partial charge in [-0.05, 0) is 6.92 Å². The van der Waals surface area contributed by atoms with Gasteiger partial charge in [0.05, 0.1) is 6.61 Å². The van der Waals surface area contributed by atoms with E-state index in [2.05, 4.69) is 4.74 Å². The second-order valence-electron chi connectivity index (χ2n) is 2.10. The summed E-state index contributed by atoms with van der Waals surface area (Å²) in [6.45, 7) is 1.57. The molecule has 6 heteroatoms. The number of carbonyl (C=O) groups excluding carboxylic acids is 1. The fourth-order valence-electron chi connectivity index (χ4n) is 0.530. The molecule has 2 unspecified atom stereocenters. The number of ether oxygens (including phenoxy) is 1. The van der Waals surface area contributed by atoms with Crippen LogP contribution in [-0.2, 0) is 9.53 Å². The van der Waals surface area contributed by atoms with E-state index in [-0.39, 0.29) is 6.61 Å². The van der Waals surface area contributed by atoms with Gasteiger partial charge in [0, 0.05) is 0 Å². The van der Waals surface area contributed by atoms with Crippen molar-refractivity contribution in [1.82, 2.24) is 0 Å². The van der Waals surface area contributed by atoms with Gasteiger partial charge in [0.1, 0.15) is 6.10 Å². The normalized spacial score (nSPS) is 15.8. The minimum Gasteiger partial charge on any atom is -0.464 e. The van der Waals surface area contributed by atoms with Crippen LogP contribution < -0.4 is 0 Å². The van der Waals surface area contributed by atoms with Gasteiger partial charge in [0.2, 0.25) is 0 Å². The first kappa shape index (κ1) is 11.3. The van der Waals surface area contributed by atoms with Crippen molar-refractivity contribution in [2.24, 2.45) is 0 Å². The van der Waals surface area contributed by atoms with Crippen molar-refractivity contribution in [1.29, 1.82) is 0 Å². The van der Waals surface area contributed by atoms with Crippen LogP contribution in [0.15, 0.2) is 0 Å². The molecular formula is C6H12O6. The highest BCUT2D eigenvalue weighted by Gasteiger charge is 2.30. The number of rotatable bonds is 4. The Morgan fingerprint density at radius 1 is 1.33 bits per heavy atom. The molecule has 4 N–H and O–H groups in total. The first-order chi connectivity index (χ1) is 5.50. The zero-order valence-electron chi connectivity index (χ0n) is 6.54. The van der Waals surface area contributed by atoms with Crippen LogP contribution in [0, 0.1) is 0 Å². The van der Waals surface area contributed by atoms with Crippen molar-refractivity contribution < 1.29 is 30.0 Å². The molecule has 0 fully saturated rings. The predicted molar refractivity (Wildman–Crippen MR) is 36.9 cm³/mol. The van der Waals surface area contributed by atoms with E-state index in [1.807, 2.05) is 0 Å². The Balaban J connectivity index is 4.00. The highest BCUT2D eigenvalue weighted by molar-refractivity contribution is 5.75. The van der Waals surface area contributed by atoms with Crippen LogP contribution >= 0.6 is 0 Å². The van der Waals surface area contributed by atoms with Crippen molar-refractivity contribution >= 4 is 5.97 Å². The monoisotopic (exact) mass is 180 g/mol. The molecule has 0 aliphatic rings. The van der Waals surface area contributed by atoms with Crippen molar-refractivity contribution in [3.05, 3.63) is 0 Å². The highest BCUT2D eigenvalue weighted by atomic mass is 16.6. The summed E-state index contributed by atoms with van der Waals surface area (Å²) >= 11 is 0. The molecule has 0 radical (unpaired) electrons. The molecule has 0 aromatic rings. The number of esters is 1. The maximum atomic E-state index is 10.6. The fraction of sp³-hybridized carbons (Fsp3) is 0.833. The van der Waals surface area contributed by atoms with Gasteiger partial charge in [-0.3, -0.25) is 0 Å². The van der Waals surface area contributed by atoms with Crippen LogP contribution in [0.25, 0.3) is 0 Å². The van der Waals surface area contributed by atoms with Gasteiger partial charge >= 0.3 is 5.97 Å². The standard InChI is InChI=1S/C6H12O6/c1-2-12-6(11)4(8)3(7)5(9)10/h3-5,7-10H,2H2,1H3. The van der Waals surface area contributed by atoms with E-state index in [0.29, 0.717) is 0 Å². The SMILES string of the molecule is CCOC(=O)C(O)C(O)C(O)O. The van der Waals surface area contributed by atoms with Gasteiger partial charge in [0.15, 0.2) is 12.4 Å². The lowest BCUT2D eigenvalue weighted by Gasteiger charge is -2.17. The highest BCUT2D eigenvalue weighted by Crippen LogP contribution is 1.99. The number of hydrogen-bond donors (Lipinski definition) is 4. The summed E-state index contributed by atoms with van der Waals surface area (Å²) in [5, 5.41) is 34.3. The van der Waals surface area contributed by atoms with Gasteiger partial charge in [-0.1, -0.05) is 0 Å². The topological polar surface area (TPSA) is 107 Å². The molecule has 0 bridgehead atoms. The van der Waals surface area contributed by atoms with E-state index >= 15 is 0 Å². The first-order valence-corrected chi connectivity index (χ1v) is 3.39. The fourth-order valence-corrected chi connectivity index (χ4v) is 0.530. The third-order valence-electron chi connectivity index (χ3n) is 1.16. The second-order valence-corrected chi connectivity index (χ2v) is 2.10. The molecule has 0 heterocycles. The predicted octanol–water partition coefficient (Wildman–Crippen LogP) is -2.42. The molecule has 2 atom stereocenters. The Morgan fingerprint density at radius 3 is 2.17 bits per heavy atom. The van der Waals surface area contributed by atoms with Crippen LogP contribution in [0.4, 0.5) is 0 Å². The molecule has 0 aliphatic carbocycles. The average molecular weight is 180 g/mol. The molecule has 0 saturated carbocycles. The van der Waals surface area contributed by atoms with Crippen molar-refractivity contribution in [3.63, 3.8) is 0 Å². The van der Waals surface area contributed by atoms with E-state index in [9.17, 15) is 4.79 Å². The Kier molecular flexibility index (Phi) is 4.75. The van der Waals surface area contributed by atoms with Crippen LogP contribution in [-0.4, -0.2) is 51.5 Å². The third-order valence-corrected chi connectivity index (χ3v) is 1.16. The maximum absolute atomic E-state index is 10.6. The van der Waals surface area contributed by atoms with Crippen molar-refractivity contribution in [3.8, 4) is 0 Å². The van der Waals surface area contributed by atoms with Crippen LogP contribution in [0.5, 0.6) is 0 Å². The summed E-state index contributed by atoms with van der Waals surface area (Å²) in [6.07, 6.45) is -6.03. The van der Waals surface area contributed by atoms with Gasteiger partial charge < -0.3 is 25.2 Å². The Bertz CT molecular complexity index is 145. The Labute approximate surface area is 69.0 Å². The van der Waals surface area contributed by atoms with Gasteiger partial charge in [-0.2, -0.15) is 0 Å². The maximum Gasteiger partial charge on any atom is 0.337 e.